The van der Waals surface area contributed by atoms with Gasteiger partial charge >= 0.3 is 17.9 Å². The highest BCUT2D eigenvalue weighted by Gasteiger charge is 2.51. The first-order chi connectivity index (χ1) is 13.7. The van der Waals surface area contributed by atoms with Gasteiger partial charge in [0.25, 0.3) is 0 Å². The number of aromatic nitrogens is 4. The number of hydrogen-bond donors (Lipinski definition) is 0. The van der Waals surface area contributed by atoms with Gasteiger partial charge in [-0.3, -0.25) is 19.0 Å². The second kappa shape index (κ2) is 8.29. The quantitative estimate of drug-likeness (QED) is 0.389. The van der Waals surface area contributed by atoms with Crippen LogP contribution in [-0.2, 0) is 33.3 Å². The zero-order chi connectivity index (χ0) is 21.3. The lowest BCUT2D eigenvalue weighted by Gasteiger charge is -2.23. The minimum atomic E-state index is -1.04. The van der Waals surface area contributed by atoms with Crippen LogP contribution in [0.25, 0.3) is 11.2 Å². The molecule has 0 spiro atoms. The number of fused-ring (bicyclic) bond motifs is 1. The van der Waals surface area contributed by atoms with Gasteiger partial charge in [-0.25, -0.2) is 15.0 Å². The fourth-order valence-corrected chi connectivity index (χ4v) is 3.34. The van der Waals surface area contributed by atoms with Gasteiger partial charge in [0.05, 0.1) is 6.33 Å². The highest BCUT2D eigenvalue weighted by molar-refractivity contribution is 6.33. The zero-order valence-corrected chi connectivity index (χ0v) is 16.9. The summed E-state index contributed by atoms with van der Waals surface area (Å²) in [6, 6.07) is 0. The van der Waals surface area contributed by atoms with E-state index >= 15 is 0 Å². The molecule has 0 bridgehead atoms. The Kier molecular flexibility index (Phi) is 5.99. The first kappa shape index (κ1) is 20.9. The molecule has 0 N–H and O–H groups in total. The van der Waals surface area contributed by atoms with Crippen molar-refractivity contribution in [1.29, 1.82) is 0 Å². The molecule has 2 aromatic rings. The lowest BCUT2D eigenvalue weighted by Crippen LogP contribution is -2.40. The summed E-state index contributed by atoms with van der Waals surface area (Å²) in [5.74, 6) is -1.35. The molecule has 1 saturated heterocycles. The van der Waals surface area contributed by atoms with E-state index < -0.39 is 42.4 Å². The van der Waals surface area contributed by atoms with E-state index in [9.17, 15) is 14.4 Å². The van der Waals surface area contributed by atoms with Crippen LogP contribution in [0.2, 0.25) is 5.15 Å². The summed E-state index contributed by atoms with van der Waals surface area (Å²) in [6.45, 7) is 5.12. The molecular weight excluding hydrogens is 408 g/mol. The van der Waals surface area contributed by atoms with E-state index in [2.05, 4.69) is 15.0 Å². The number of imidazole rings is 1. The van der Waals surface area contributed by atoms with Crippen LogP contribution in [0.1, 0.15) is 32.8 Å². The molecule has 11 nitrogen and oxygen atoms in total. The number of carbonyl (C=O) groups excluding carboxylic acids is 3. The normalized spacial score (nSPS) is 23.8. The molecule has 12 heteroatoms. The smallest absolute Gasteiger partial charge is 0.303 e. The Morgan fingerprint density at radius 1 is 1.10 bits per heavy atom. The van der Waals surface area contributed by atoms with Crippen molar-refractivity contribution in [3.05, 3.63) is 17.3 Å². The first-order valence-electron chi connectivity index (χ1n) is 8.67. The monoisotopic (exact) mass is 426 g/mol. The standard InChI is InChI=1S/C17H19ClN4O7/c1-7-20-15(18)12-16(21-7)22(6-19-12)17-14(28-10(4)25)13(27-9(3)24)11(29-17)5-26-8(2)23/h6,11,13-14,17H,5H2,1-4H3/t11-,13?,14-,17?/m1/s1. The van der Waals surface area contributed by atoms with Crippen LogP contribution in [0, 0.1) is 6.92 Å². The van der Waals surface area contributed by atoms with Crippen molar-refractivity contribution in [2.75, 3.05) is 6.61 Å². The second-order valence-corrected chi connectivity index (χ2v) is 6.76. The molecule has 3 heterocycles. The second-order valence-electron chi connectivity index (χ2n) is 6.40. The Hall–Kier alpha value is -2.79. The van der Waals surface area contributed by atoms with Crippen LogP contribution in [0.3, 0.4) is 0 Å². The largest absolute Gasteiger partial charge is 0.463 e. The SMILES string of the molecule is CC(=O)OC[C@H]1OC(n2cnc3c(Cl)nc(C)nc32)[C@H](OC(C)=O)C1OC(C)=O. The minimum Gasteiger partial charge on any atom is -0.463 e. The molecule has 2 aromatic heterocycles. The van der Waals surface area contributed by atoms with Gasteiger partial charge in [-0.2, -0.15) is 0 Å². The number of halogens is 1. The van der Waals surface area contributed by atoms with Gasteiger partial charge in [-0.15, -0.1) is 0 Å². The number of hydrogen-bond acceptors (Lipinski definition) is 10. The van der Waals surface area contributed by atoms with Crippen LogP contribution in [0.4, 0.5) is 0 Å². The molecule has 1 fully saturated rings. The van der Waals surface area contributed by atoms with Gasteiger partial charge in [0, 0.05) is 20.8 Å². The summed E-state index contributed by atoms with van der Waals surface area (Å²) in [5, 5.41) is 0.154. The zero-order valence-electron chi connectivity index (χ0n) is 16.1. The first-order valence-corrected chi connectivity index (χ1v) is 9.05. The van der Waals surface area contributed by atoms with E-state index in [1.807, 2.05) is 0 Å². The lowest BCUT2D eigenvalue weighted by molar-refractivity contribution is -0.166. The van der Waals surface area contributed by atoms with Gasteiger partial charge in [-0.05, 0) is 6.92 Å². The van der Waals surface area contributed by atoms with Crippen molar-refractivity contribution >= 4 is 40.7 Å². The molecule has 1 aliphatic heterocycles. The van der Waals surface area contributed by atoms with Crippen molar-refractivity contribution in [1.82, 2.24) is 19.5 Å². The van der Waals surface area contributed by atoms with E-state index in [-0.39, 0.29) is 11.8 Å². The molecular formula is C17H19ClN4O7. The van der Waals surface area contributed by atoms with Crippen molar-refractivity contribution in [3.8, 4) is 0 Å². The van der Waals surface area contributed by atoms with Gasteiger partial charge in [0.2, 0.25) is 0 Å². The summed E-state index contributed by atoms with van der Waals surface area (Å²) in [6.07, 6.45) is -2.49. The Balaban J connectivity index is 2.04. The number of rotatable bonds is 5. The fraction of sp³-hybridized carbons (Fsp3) is 0.529. The third-order valence-corrected chi connectivity index (χ3v) is 4.37. The van der Waals surface area contributed by atoms with Crippen LogP contribution in [-0.4, -0.2) is 62.3 Å². The summed E-state index contributed by atoms with van der Waals surface area (Å²) in [7, 11) is 0. The summed E-state index contributed by atoms with van der Waals surface area (Å²) < 4.78 is 23.2. The average molecular weight is 427 g/mol. The maximum atomic E-state index is 11.7. The van der Waals surface area contributed by atoms with Crippen LogP contribution < -0.4 is 0 Å². The van der Waals surface area contributed by atoms with Crippen molar-refractivity contribution < 1.29 is 33.3 Å². The lowest BCUT2D eigenvalue weighted by atomic mass is 10.1. The van der Waals surface area contributed by atoms with Gasteiger partial charge in [-0.1, -0.05) is 11.6 Å². The highest BCUT2D eigenvalue weighted by atomic mass is 35.5. The van der Waals surface area contributed by atoms with Gasteiger partial charge < -0.3 is 18.9 Å². The predicted octanol–water partition coefficient (Wildman–Crippen LogP) is 1.11. The highest BCUT2D eigenvalue weighted by Crippen LogP contribution is 2.36. The van der Waals surface area contributed by atoms with Gasteiger partial charge in [0.1, 0.15) is 24.1 Å². The maximum Gasteiger partial charge on any atom is 0.303 e. The topological polar surface area (TPSA) is 132 Å². The molecule has 0 saturated carbocycles. The third-order valence-electron chi connectivity index (χ3n) is 4.11. The van der Waals surface area contributed by atoms with Crippen LogP contribution in [0.5, 0.6) is 0 Å². The number of ether oxygens (including phenoxy) is 4. The molecule has 4 atom stereocenters. The van der Waals surface area contributed by atoms with Crippen LogP contribution >= 0.6 is 11.6 Å². The average Bonchev–Trinajstić information content (AvgIpc) is 3.15. The minimum absolute atomic E-state index is 0.154. The molecule has 29 heavy (non-hydrogen) atoms. The maximum absolute atomic E-state index is 11.7. The number of aryl methyl sites for hydroxylation is 1. The Labute approximate surface area is 170 Å². The van der Waals surface area contributed by atoms with Gasteiger partial charge in [0.15, 0.2) is 29.2 Å². The molecule has 1 aliphatic rings. The number of carbonyl (C=O) groups is 3. The molecule has 0 aliphatic carbocycles. The molecule has 3 rings (SSSR count). The molecule has 0 radical (unpaired) electrons. The van der Waals surface area contributed by atoms with E-state index in [0.29, 0.717) is 17.0 Å². The number of esters is 3. The Morgan fingerprint density at radius 2 is 1.76 bits per heavy atom. The van der Waals surface area contributed by atoms with E-state index in [0.717, 1.165) is 0 Å². The Morgan fingerprint density at radius 3 is 2.38 bits per heavy atom. The van der Waals surface area contributed by atoms with E-state index in [1.165, 1.54) is 31.7 Å². The summed E-state index contributed by atoms with van der Waals surface area (Å²) in [4.78, 5) is 47.2. The summed E-state index contributed by atoms with van der Waals surface area (Å²) >= 11 is 6.13. The summed E-state index contributed by atoms with van der Waals surface area (Å²) in [5.41, 5.74) is 0.675. The van der Waals surface area contributed by atoms with Crippen molar-refractivity contribution in [2.45, 2.75) is 52.2 Å². The third kappa shape index (κ3) is 4.46. The van der Waals surface area contributed by atoms with Crippen molar-refractivity contribution in [2.24, 2.45) is 0 Å². The molecule has 0 amide bonds. The van der Waals surface area contributed by atoms with Crippen LogP contribution in [0.15, 0.2) is 6.33 Å². The van der Waals surface area contributed by atoms with Crippen molar-refractivity contribution in [3.63, 3.8) is 0 Å². The molecule has 0 aromatic carbocycles. The molecule has 2 unspecified atom stereocenters. The Bertz CT molecular complexity index is 963. The molecule has 156 valence electrons. The van der Waals surface area contributed by atoms with E-state index in [1.54, 1.807) is 6.92 Å². The van der Waals surface area contributed by atoms with E-state index in [4.69, 9.17) is 30.5 Å². The predicted molar refractivity (Wildman–Crippen MR) is 96.7 cm³/mol. The number of nitrogens with zero attached hydrogens (tertiary/aromatic N) is 4. The fourth-order valence-electron chi connectivity index (χ4n) is 3.09.